The normalized spacial score (nSPS) is 12.7. The van der Waals surface area contributed by atoms with Gasteiger partial charge in [0.1, 0.15) is 11.4 Å². The molecule has 0 aliphatic rings. The Morgan fingerprint density at radius 3 is 2.00 bits per heavy atom. The van der Waals surface area contributed by atoms with Crippen LogP contribution in [0.3, 0.4) is 0 Å². The number of carbonyl (C=O) groups excluding carboxylic acids is 2. The minimum atomic E-state index is -0.828. The summed E-state index contributed by atoms with van der Waals surface area (Å²) < 4.78 is 9.42. The van der Waals surface area contributed by atoms with Gasteiger partial charge >= 0.3 is 12.1 Å². The van der Waals surface area contributed by atoms with Crippen molar-refractivity contribution in [2.24, 2.45) is 10.7 Å². The molecule has 116 valence electrons. The molecule has 0 unspecified atom stereocenters. The maximum atomic E-state index is 11.4. The van der Waals surface area contributed by atoms with Gasteiger partial charge in [0.15, 0.2) is 0 Å². The summed E-state index contributed by atoms with van der Waals surface area (Å²) in [5.41, 5.74) is 5.15. The molecule has 0 aromatic carbocycles. The van der Waals surface area contributed by atoms with Crippen LogP contribution in [0.5, 0.6) is 0 Å². The molecule has 0 fully saturated rings. The van der Waals surface area contributed by atoms with E-state index in [4.69, 9.17) is 10.5 Å². The van der Waals surface area contributed by atoms with Crippen molar-refractivity contribution in [2.75, 3.05) is 7.11 Å². The molecule has 0 aliphatic carbocycles. The molecule has 0 aromatic rings. The fourth-order valence-electron chi connectivity index (χ4n) is 0.838. The summed E-state index contributed by atoms with van der Waals surface area (Å²) in [7, 11) is 1.22. The third-order valence-corrected chi connectivity index (χ3v) is 2.24. The Balaban J connectivity index is 0. The fourth-order valence-corrected chi connectivity index (χ4v) is 1.04. The highest BCUT2D eigenvalue weighted by molar-refractivity contribution is 7.85. The molecular formula is C13H24N2O4S. The number of amides is 1. The molecule has 0 atom stereocenters. The number of nitrogens with two attached hydrogens (primary N) is 1. The first-order valence-corrected chi connectivity index (χ1v) is 6.59. The molecule has 6 nitrogen and oxygen atoms in total. The van der Waals surface area contributed by atoms with Crippen molar-refractivity contribution in [1.29, 1.82) is 0 Å². The van der Waals surface area contributed by atoms with E-state index >= 15 is 0 Å². The molecule has 0 saturated heterocycles. The van der Waals surface area contributed by atoms with E-state index in [9.17, 15) is 9.59 Å². The van der Waals surface area contributed by atoms with Crippen LogP contribution in [0.15, 0.2) is 15.5 Å². The van der Waals surface area contributed by atoms with E-state index in [2.05, 4.69) is 22.4 Å². The summed E-state index contributed by atoms with van der Waals surface area (Å²) in [5, 5.41) is 0. The quantitative estimate of drug-likeness (QED) is 0.269. The second-order valence-electron chi connectivity index (χ2n) is 4.44. The molecule has 0 aromatic heterocycles. The average molecular weight is 304 g/mol. The highest BCUT2D eigenvalue weighted by atomic mass is 32.1. The molecule has 0 spiro atoms. The number of amidine groups is 1. The van der Waals surface area contributed by atoms with Gasteiger partial charge < -0.3 is 15.2 Å². The third kappa shape index (κ3) is 8.58. The van der Waals surface area contributed by atoms with E-state index in [1.807, 2.05) is 13.8 Å². The van der Waals surface area contributed by atoms with Crippen molar-refractivity contribution in [3.05, 3.63) is 10.5 Å². The Hall–Kier alpha value is -1.50. The van der Waals surface area contributed by atoms with Crippen molar-refractivity contribution in [2.45, 2.75) is 47.1 Å². The Morgan fingerprint density at radius 2 is 1.65 bits per heavy atom. The summed E-state index contributed by atoms with van der Waals surface area (Å²) in [6.45, 7) is 10.6. The minimum Gasteiger partial charge on any atom is -0.465 e. The van der Waals surface area contributed by atoms with E-state index in [0.29, 0.717) is 0 Å². The molecule has 1 amide bonds. The highest BCUT2D eigenvalue weighted by Crippen LogP contribution is 2.12. The van der Waals surface area contributed by atoms with E-state index in [-0.39, 0.29) is 16.3 Å². The number of methoxy groups -OCH3 is 1. The lowest BCUT2D eigenvalue weighted by Gasteiger charge is -2.17. The predicted molar refractivity (Wildman–Crippen MR) is 82.9 cm³/mol. The monoisotopic (exact) mass is 304 g/mol. The van der Waals surface area contributed by atoms with Crippen LogP contribution in [0.4, 0.5) is 4.79 Å². The number of nitrogens with zero attached hydrogens (tertiary/aromatic N) is 1. The number of rotatable bonds is 2. The Kier molecular flexibility index (Phi) is 9.79. The van der Waals surface area contributed by atoms with Gasteiger partial charge in [0.05, 0.1) is 12.0 Å². The van der Waals surface area contributed by atoms with Gasteiger partial charge in [0.2, 0.25) is 0 Å². The molecule has 0 bridgehead atoms. The second kappa shape index (κ2) is 9.41. The number of ether oxygens (including phenoxy) is 2. The topological polar surface area (TPSA) is 91.0 Å². The lowest BCUT2D eigenvalue weighted by atomic mass is 10.2. The van der Waals surface area contributed by atoms with Crippen LogP contribution in [0, 0.1) is 0 Å². The molecule has 0 heterocycles. The number of carbonyl (C=O) groups is 2. The molecule has 0 saturated carbocycles. The van der Waals surface area contributed by atoms with Crippen molar-refractivity contribution >= 4 is 30.5 Å². The molecule has 0 radical (unpaired) electrons. The first kappa shape index (κ1) is 20.8. The largest absolute Gasteiger partial charge is 0.465 e. The van der Waals surface area contributed by atoms with Gasteiger partial charge in [0, 0.05) is 5.57 Å². The lowest BCUT2D eigenvalue weighted by Crippen LogP contribution is -2.25. The first-order valence-electron chi connectivity index (χ1n) is 6.14. The Morgan fingerprint density at radius 1 is 1.20 bits per heavy atom. The summed E-state index contributed by atoms with van der Waals surface area (Å²) in [6, 6.07) is 0. The van der Waals surface area contributed by atoms with Crippen molar-refractivity contribution in [3.8, 4) is 0 Å². The van der Waals surface area contributed by atoms with Crippen molar-refractivity contribution < 1.29 is 19.1 Å². The summed E-state index contributed by atoms with van der Waals surface area (Å²) in [6.07, 6.45) is -0.828. The first-order chi connectivity index (χ1) is 9.08. The molecular weight excluding hydrogens is 280 g/mol. The summed E-state index contributed by atoms with van der Waals surface area (Å²) in [5.74, 6) is -0.794. The van der Waals surface area contributed by atoms with Gasteiger partial charge in [-0.15, -0.1) is 12.6 Å². The van der Waals surface area contributed by atoms with E-state index < -0.39 is 17.7 Å². The molecule has 0 aliphatic heterocycles. The maximum absolute atomic E-state index is 11.4. The smallest absolute Gasteiger partial charge is 0.436 e. The third-order valence-electron chi connectivity index (χ3n) is 1.72. The zero-order chi connectivity index (χ0) is 16.5. The molecule has 2 N–H and O–H groups in total. The van der Waals surface area contributed by atoms with Crippen LogP contribution < -0.4 is 5.73 Å². The van der Waals surface area contributed by atoms with Crippen molar-refractivity contribution in [3.63, 3.8) is 0 Å². The number of hydrogen-bond donors (Lipinski definition) is 2. The van der Waals surface area contributed by atoms with Crippen LogP contribution in [0.25, 0.3) is 0 Å². The molecule has 0 rings (SSSR count). The summed E-state index contributed by atoms with van der Waals surface area (Å²) >= 11 is 3.94. The van der Waals surface area contributed by atoms with Gasteiger partial charge in [-0.3, -0.25) is 0 Å². The van der Waals surface area contributed by atoms with Gasteiger partial charge in [-0.05, 0) is 27.7 Å². The van der Waals surface area contributed by atoms with Gasteiger partial charge in [-0.1, -0.05) is 13.8 Å². The second-order valence-corrected chi connectivity index (χ2v) is 4.89. The zero-order valence-corrected chi connectivity index (χ0v) is 14.0. The van der Waals surface area contributed by atoms with Crippen LogP contribution in [-0.2, 0) is 14.3 Å². The lowest BCUT2D eigenvalue weighted by molar-refractivity contribution is -0.135. The number of esters is 1. The van der Waals surface area contributed by atoms with E-state index in [1.54, 1.807) is 20.8 Å². The highest BCUT2D eigenvalue weighted by Gasteiger charge is 2.17. The number of hydrogen-bond acceptors (Lipinski definition) is 5. The van der Waals surface area contributed by atoms with Gasteiger partial charge in [-0.25, -0.2) is 9.59 Å². The standard InChI is InChI=1S/C11H18N2O4S.C2H6/c1-6(7(18)9(14)16-5)8(12)13-10(15)17-11(2,3)4;1-2/h18H,1-5H3,(H2,12,13,15);1-2H3/b7-6-;. The average Bonchev–Trinajstić information content (AvgIpc) is 2.35. The SMILES string of the molecule is CC.COC(=O)/C(S)=C(C)/C(N)=N/C(=O)OC(C)(C)C. The van der Waals surface area contributed by atoms with Crippen LogP contribution in [-0.4, -0.2) is 30.6 Å². The van der Waals surface area contributed by atoms with Gasteiger partial charge in [-0.2, -0.15) is 4.99 Å². The Bertz CT molecular complexity index is 409. The maximum Gasteiger partial charge on any atom is 0.436 e. The number of aliphatic imine (C=N–C) groups is 1. The predicted octanol–water partition coefficient (Wildman–Crippen LogP) is 2.68. The zero-order valence-electron chi connectivity index (χ0n) is 13.1. The van der Waals surface area contributed by atoms with Crippen LogP contribution >= 0.6 is 12.6 Å². The number of thiol groups is 1. The molecule has 20 heavy (non-hydrogen) atoms. The Labute approximate surface area is 125 Å². The molecule has 7 heteroatoms. The van der Waals surface area contributed by atoms with Crippen molar-refractivity contribution in [1.82, 2.24) is 0 Å². The fraction of sp³-hybridized carbons (Fsp3) is 0.615. The van der Waals surface area contributed by atoms with E-state index in [0.717, 1.165) is 0 Å². The van der Waals surface area contributed by atoms with Crippen LogP contribution in [0.2, 0.25) is 0 Å². The minimum absolute atomic E-state index is 0.0118. The summed E-state index contributed by atoms with van der Waals surface area (Å²) in [4.78, 5) is 26.1. The van der Waals surface area contributed by atoms with E-state index in [1.165, 1.54) is 14.0 Å². The van der Waals surface area contributed by atoms with Gasteiger partial charge in [0.25, 0.3) is 0 Å². The van der Waals surface area contributed by atoms with Crippen LogP contribution in [0.1, 0.15) is 41.5 Å².